The first-order valence-electron chi connectivity index (χ1n) is 4.78. The lowest BCUT2D eigenvalue weighted by atomic mass is 10.2. The van der Waals surface area contributed by atoms with Crippen LogP contribution in [-0.4, -0.2) is 5.91 Å². The molecule has 0 aliphatic carbocycles. The number of carbonyl (C=O) groups is 1. The minimum atomic E-state index is -0.188. The van der Waals surface area contributed by atoms with Crippen molar-refractivity contribution in [3.05, 3.63) is 41.9 Å². The van der Waals surface area contributed by atoms with Gasteiger partial charge in [-0.05, 0) is 55.4 Å². The van der Waals surface area contributed by atoms with Crippen molar-refractivity contribution in [3.63, 3.8) is 0 Å². The Labute approximate surface area is 133 Å². The lowest BCUT2D eigenvalue weighted by Crippen LogP contribution is -2.12. The quantitative estimate of drug-likeness (QED) is 0.636. The second-order valence-corrected chi connectivity index (χ2v) is 6.94. The zero-order valence-electron chi connectivity index (χ0n) is 8.84. The van der Waals surface area contributed by atoms with E-state index in [1.807, 2.05) is 17.5 Å². The van der Waals surface area contributed by atoms with Crippen LogP contribution in [0.15, 0.2) is 37.0 Å². The normalized spacial score (nSPS) is 10.4. The molecule has 1 heterocycles. The van der Waals surface area contributed by atoms with Crippen molar-refractivity contribution in [1.29, 1.82) is 0 Å². The molecule has 0 fully saturated rings. The molecule has 0 atom stereocenters. The van der Waals surface area contributed by atoms with Crippen molar-refractivity contribution in [3.8, 4) is 0 Å². The maximum absolute atomic E-state index is 12.1. The molecule has 3 nitrogen and oxygen atoms in total. The summed E-state index contributed by atoms with van der Waals surface area (Å²) in [5.41, 5.74) is 6.95. The van der Waals surface area contributed by atoms with Gasteiger partial charge in [-0.1, -0.05) is 15.9 Å². The Kier molecular flexibility index (Phi) is 4.47. The molecule has 1 amide bonds. The molecule has 2 rings (SSSR count). The lowest BCUT2D eigenvalue weighted by molar-refractivity contribution is 0.103. The third kappa shape index (κ3) is 2.96. The molecule has 7 heteroatoms. The van der Waals surface area contributed by atoms with Gasteiger partial charge >= 0.3 is 0 Å². The van der Waals surface area contributed by atoms with Crippen molar-refractivity contribution in [2.75, 3.05) is 11.1 Å². The summed E-state index contributed by atoms with van der Waals surface area (Å²) < 4.78 is 2.36. The smallest absolute Gasteiger partial charge is 0.266 e. The van der Waals surface area contributed by atoms with Gasteiger partial charge in [-0.15, -0.1) is 11.3 Å². The van der Waals surface area contributed by atoms with E-state index in [1.54, 1.807) is 6.07 Å². The van der Waals surface area contributed by atoms with Crippen LogP contribution < -0.4 is 11.1 Å². The molecule has 1 aromatic carbocycles. The Bertz CT molecular complexity index is 589. The van der Waals surface area contributed by atoms with Crippen LogP contribution in [0.4, 0.5) is 11.4 Å². The van der Waals surface area contributed by atoms with Crippen LogP contribution in [0.25, 0.3) is 0 Å². The third-order valence-electron chi connectivity index (χ3n) is 2.15. The first kappa shape index (κ1) is 14.0. The summed E-state index contributed by atoms with van der Waals surface area (Å²) in [6, 6.07) is 5.40. The number of hydrogen-bond acceptors (Lipinski definition) is 3. The van der Waals surface area contributed by atoms with Gasteiger partial charge in [0.1, 0.15) is 4.88 Å². The molecule has 1 aromatic heterocycles. The summed E-state index contributed by atoms with van der Waals surface area (Å²) in [5.74, 6) is -0.188. The van der Waals surface area contributed by atoms with Crippen LogP contribution >= 0.6 is 59.1 Å². The van der Waals surface area contributed by atoms with Crippen molar-refractivity contribution in [1.82, 2.24) is 0 Å². The molecule has 0 spiro atoms. The zero-order valence-corrected chi connectivity index (χ0v) is 14.4. The van der Waals surface area contributed by atoms with Crippen molar-refractivity contribution in [2.45, 2.75) is 0 Å². The number of amides is 1. The highest BCUT2D eigenvalue weighted by molar-refractivity contribution is 9.11. The van der Waals surface area contributed by atoms with Gasteiger partial charge in [-0.25, -0.2) is 0 Å². The van der Waals surface area contributed by atoms with E-state index in [9.17, 15) is 4.79 Å². The Morgan fingerprint density at radius 3 is 2.50 bits per heavy atom. The fourth-order valence-electron chi connectivity index (χ4n) is 1.35. The Morgan fingerprint density at radius 1 is 1.22 bits per heavy atom. The van der Waals surface area contributed by atoms with Crippen LogP contribution in [-0.2, 0) is 0 Å². The number of benzene rings is 1. The summed E-state index contributed by atoms with van der Waals surface area (Å²) in [6.07, 6.45) is 0. The second-order valence-electron chi connectivity index (χ2n) is 3.40. The number of halogens is 3. The number of hydrogen-bond donors (Lipinski definition) is 2. The van der Waals surface area contributed by atoms with Gasteiger partial charge in [0.25, 0.3) is 5.91 Å². The molecular formula is C11H7Br3N2OS. The number of anilines is 2. The standard InChI is InChI=1S/C11H7Br3N2OS/c12-5-3-7(14)9(8(15)4-5)16-11(17)10-6(13)1-2-18-10/h1-4H,15H2,(H,16,17). The fourth-order valence-corrected chi connectivity index (χ4v) is 4.16. The molecule has 0 aliphatic rings. The van der Waals surface area contributed by atoms with Crippen LogP contribution in [0, 0.1) is 0 Å². The highest BCUT2D eigenvalue weighted by atomic mass is 79.9. The van der Waals surface area contributed by atoms with Gasteiger partial charge < -0.3 is 11.1 Å². The molecule has 0 bridgehead atoms. The molecule has 0 aliphatic heterocycles. The molecule has 0 radical (unpaired) electrons. The van der Waals surface area contributed by atoms with Crippen molar-refractivity contribution >= 4 is 76.4 Å². The Hall–Kier alpha value is -0.370. The molecule has 94 valence electrons. The molecular weight excluding hydrogens is 448 g/mol. The summed E-state index contributed by atoms with van der Waals surface area (Å²) in [7, 11) is 0. The summed E-state index contributed by atoms with van der Waals surface area (Å²) >= 11 is 11.4. The van der Waals surface area contributed by atoms with Gasteiger partial charge in [0.05, 0.1) is 11.4 Å². The number of carbonyl (C=O) groups excluding carboxylic acids is 1. The number of thiophene rings is 1. The lowest BCUT2D eigenvalue weighted by Gasteiger charge is -2.10. The van der Waals surface area contributed by atoms with Gasteiger partial charge in [-0.3, -0.25) is 4.79 Å². The van der Waals surface area contributed by atoms with Crippen molar-refractivity contribution < 1.29 is 4.79 Å². The monoisotopic (exact) mass is 452 g/mol. The summed E-state index contributed by atoms with van der Waals surface area (Å²) in [4.78, 5) is 12.7. The minimum absolute atomic E-state index is 0.188. The molecule has 0 unspecified atom stereocenters. The van der Waals surface area contributed by atoms with Gasteiger partial charge in [0.2, 0.25) is 0 Å². The van der Waals surface area contributed by atoms with Gasteiger partial charge in [0.15, 0.2) is 0 Å². The number of nitrogens with one attached hydrogen (secondary N) is 1. The van der Waals surface area contributed by atoms with E-state index in [2.05, 4.69) is 53.1 Å². The maximum atomic E-state index is 12.1. The van der Waals surface area contributed by atoms with Gasteiger partial charge in [0, 0.05) is 13.4 Å². The Balaban J connectivity index is 2.31. The predicted octanol–water partition coefficient (Wildman–Crippen LogP) is 4.87. The van der Waals surface area contributed by atoms with Gasteiger partial charge in [-0.2, -0.15) is 0 Å². The highest BCUT2D eigenvalue weighted by Gasteiger charge is 2.15. The summed E-state index contributed by atoms with van der Waals surface area (Å²) in [5, 5.41) is 4.64. The summed E-state index contributed by atoms with van der Waals surface area (Å²) in [6.45, 7) is 0. The average molecular weight is 455 g/mol. The fraction of sp³-hybridized carbons (Fsp3) is 0. The topological polar surface area (TPSA) is 55.1 Å². The first-order chi connectivity index (χ1) is 8.49. The largest absolute Gasteiger partial charge is 0.397 e. The molecule has 0 saturated carbocycles. The van der Waals surface area contributed by atoms with E-state index in [0.29, 0.717) is 16.3 Å². The minimum Gasteiger partial charge on any atom is -0.397 e. The van der Waals surface area contributed by atoms with Crippen LogP contribution in [0.1, 0.15) is 9.67 Å². The second kappa shape index (κ2) is 5.73. The van der Waals surface area contributed by atoms with E-state index < -0.39 is 0 Å². The average Bonchev–Trinajstić information content (AvgIpc) is 2.69. The van der Waals surface area contributed by atoms with Crippen molar-refractivity contribution in [2.24, 2.45) is 0 Å². The van der Waals surface area contributed by atoms with E-state index >= 15 is 0 Å². The van der Waals surface area contributed by atoms with E-state index in [0.717, 1.165) is 13.4 Å². The van der Waals surface area contributed by atoms with Crippen LogP contribution in [0.3, 0.4) is 0 Å². The zero-order chi connectivity index (χ0) is 13.3. The first-order valence-corrected chi connectivity index (χ1v) is 8.03. The molecule has 3 N–H and O–H groups in total. The predicted molar refractivity (Wildman–Crippen MR) is 86.2 cm³/mol. The molecule has 0 saturated heterocycles. The van der Waals surface area contributed by atoms with Crippen LogP contribution in [0.5, 0.6) is 0 Å². The van der Waals surface area contributed by atoms with E-state index in [1.165, 1.54) is 11.3 Å². The van der Waals surface area contributed by atoms with Crippen LogP contribution in [0.2, 0.25) is 0 Å². The SMILES string of the molecule is Nc1cc(Br)cc(Br)c1NC(=O)c1sccc1Br. The third-order valence-corrected chi connectivity index (χ3v) is 5.07. The van der Waals surface area contributed by atoms with E-state index in [-0.39, 0.29) is 5.91 Å². The Morgan fingerprint density at radius 2 is 1.94 bits per heavy atom. The number of nitrogens with two attached hydrogens (primary N) is 1. The molecule has 18 heavy (non-hydrogen) atoms. The maximum Gasteiger partial charge on any atom is 0.266 e. The molecule has 2 aromatic rings. The number of rotatable bonds is 2. The number of nitrogen functional groups attached to an aromatic ring is 1. The van der Waals surface area contributed by atoms with E-state index in [4.69, 9.17) is 5.73 Å². The highest BCUT2D eigenvalue weighted by Crippen LogP contribution is 2.33.